The highest BCUT2D eigenvalue weighted by molar-refractivity contribution is 14.1. The Hall–Kier alpha value is 0.260. The summed E-state index contributed by atoms with van der Waals surface area (Å²) in [6, 6.07) is 7.66. The van der Waals surface area contributed by atoms with Crippen LogP contribution in [-0.4, -0.2) is 48.8 Å². The van der Waals surface area contributed by atoms with Gasteiger partial charge in [0.1, 0.15) is 11.5 Å². The first-order valence-electron chi connectivity index (χ1n) is 7.95. The molecule has 3 N–H and O–H groups in total. The quantitative estimate of drug-likeness (QED) is 0.207. The van der Waals surface area contributed by atoms with E-state index in [2.05, 4.69) is 106 Å². The van der Waals surface area contributed by atoms with Gasteiger partial charge in [0.05, 0.1) is 20.2 Å². The molecule has 0 heterocycles. The highest BCUT2D eigenvalue weighted by Crippen LogP contribution is 2.26. The molecule has 2 aromatic rings. The molecule has 0 unspecified atom stereocenters. The molecule has 0 aliphatic heterocycles. The summed E-state index contributed by atoms with van der Waals surface area (Å²) >= 11 is 8.68. The van der Waals surface area contributed by atoms with Gasteiger partial charge in [-0.3, -0.25) is 9.98 Å². The van der Waals surface area contributed by atoms with Crippen molar-refractivity contribution >= 4 is 103 Å². The van der Waals surface area contributed by atoms with Crippen molar-refractivity contribution in [2.45, 2.75) is 0 Å². The maximum atomic E-state index is 10.0. The average Bonchev–Trinajstić information content (AvgIpc) is 2.61. The Labute approximate surface area is 213 Å². The summed E-state index contributed by atoms with van der Waals surface area (Å²) in [6.07, 6.45) is 3.42. The molecule has 144 valence electrons. The normalized spacial score (nSPS) is 11.7. The molecule has 0 saturated carbocycles. The van der Waals surface area contributed by atoms with Crippen molar-refractivity contribution < 1.29 is 10.2 Å². The minimum atomic E-state index is 0.274. The fourth-order valence-corrected chi connectivity index (χ4v) is 5.89. The predicted molar refractivity (Wildman–Crippen MR) is 145 cm³/mol. The van der Waals surface area contributed by atoms with Crippen molar-refractivity contribution in [3.63, 3.8) is 0 Å². The number of halogens is 4. The van der Waals surface area contributed by atoms with Crippen LogP contribution in [0.2, 0.25) is 0 Å². The predicted octanol–water partition coefficient (Wildman–Crippen LogP) is 4.64. The van der Waals surface area contributed by atoms with Gasteiger partial charge >= 0.3 is 0 Å². The standard InChI is InChI=1S/C18H17I4N3O2/c19-13-5-11(17(26)15(21)7-13)9-24-3-1-23-2-4-25-10-12-6-14(20)8-16(22)18(12)27/h5-10,23,26-27H,1-4H2. The van der Waals surface area contributed by atoms with Crippen molar-refractivity contribution in [1.82, 2.24) is 5.32 Å². The van der Waals surface area contributed by atoms with Crippen LogP contribution in [0.3, 0.4) is 0 Å². The van der Waals surface area contributed by atoms with E-state index in [1.54, 1.807) is 12.4 Å². The molecule has 0 spiro atoms. The van der Waals surface area contributed by atoms with E-state index in [0.717, 1.165) is 38.5 Å². The van der Waals surface area contributed by atoms with Crippen LogP contribution in [0, 0.1) is 14.3 Å². The van der Waals surface area contributed by atoms with Crippen LogP contribution >= 0.6 is 90.4 Å². The number of hydrogen-bond donors (Lipinski definition) is 3. The molecule has 0 saturated heterocycles. The molecule has 0 aliphatic rings. The molecule has 0 atom stereocenters. The van der Waals surface area contributed by atoms with Gasteiger partial charge in [-0.05, 0) is 115 Å². The summed E-state index contributed by atoms with van der Waals surface area (Å²) in [4.78, 5) is 8.71. The first-order valence-corrected chi connectivity index (χ1v) is 12.3. The van der Waals surface area contributed by atoms with Crippen molar-refractivity contribution in [2.24, 2.45) is 9.98 Å². The molecule has 2 aromatic carbocycles. The molecular formula is C18H17I4N3O2. The van der Waals surface area contributed by atoms with Crippen LogP contribution in [0.4, 0.5) is 0 Å². The highest BCUT2D eigenvalue weighted by Gasteiger charge is 2.05. The smallest absolute Gasteiger partial charge is 0.137 e. The lowest BCUT2D eigenvalue weighted by Crippen LogP contribution is -2.20. The number of benzene rings is 2. The summed E-state index contributed by atoms with van der Waals surface area (Å²) in [5.41, 5.74) is 1.48. The second kappa shape index (κ2) is 12.1. The Kier molecular flexibility index (Phi) is 10.5. The number of nitrogens with zero attached hydrogens (tertiary/aromatic N) is 2. The zero-order valence-electron chi connectivity index (χ0n) is 14.1. The van der Waals surface area contributed by atoms with Gasteiger partial charge in [-0.2, -0.15) is 0 Å². The molecule has 0 bridgehead atoms. The van der Waals surface area contributed by atoms with Crippen LogP contribution in [0.25, 0.3) is 0 Å². The molecule has 0 radical (unpaired) electrons. The van der Waals surface area contributed by atoms with Gasteiger partial charge in [0, 0.05) is 43.8 Å². The van der Waals surface area contributed by atoms with Gasteiger partial charge in [0.2, 0.25) is 0 Å². The lowest BCUT2D eigenvalue weighted by molar-refractivity contribution is 0.470. The summed E-state index contributed by atoms with van der Waals surface area (Å²) in [6.45, 7) is 2.72. The Morgan fingerprint density at radius 2 is 1.15 bits per heavy atom. The first kappa shape index (κ1) is 23.5. The number of rotatable bonds is 8. The van der Waals surface area contributed by atoms with E-state index in [4.69, 9.17) is 0 Å². The van der Waals surface area contributed by atoms with Gasteiger partial charge < -0.3 is 15.5 Å². The molecule has 2 rings (SSSR count). The van der Waals surface area contributed by atoms with E-state index >= 15 is 0 Å². The Balaban J connectivity index is 1.71. The van der Waals surface area contributed by atoms with Crippen LogP contribution in [0.5, 0.6) is 11.5 Å². The van der Waals surface area contributed by atoms with E-state index < -0.39 is 0 Å². The molecule has 27 heavy (non-hydrogen) atoms. The molecule has 0 aliphatic carbocycles. The monoisotopic (exact) mass is 815 g/mol. The Morgan fingerprint density at radius 3 is 1.56 bits per heavy atom. The number of hydrogen-bond acceptors (Lipinski definition) is 5. The highest BCUT2D eigenvalue weighted by atomic mass is 127. The zero-order chi connectivity index (χ0) is 19.8. The third kappa shape index (κ3) is 7.89. The summed E-state index contributed by atoms with van der Waals surface area (Å²) in [5, 5.41) is 23.3. The third-order valence-corrected chi connectivity index (χ3v) is 6.30. The van der Waals surface area contributed by atoms with Crippen LogP contribution < -0.4 is 5.32 Å². The van der Waals surface area contributed by atoms with Gasteiger partial charge in [0.15, 0.2) is 0 Å². The summed E-state index contributed by atoms with van der Waals surface area (Å²) < 4.78 is 3.79. The molecule has 0 aromatic heterocycles. The molecule has 9 heteroatoms. The van der Waals surface area contributed by atoms with Gasteiger partial charge in [-0.1, -0.05) is 0 Å². The number of aliphatic imine (C=N–C) groups is 2. The van der Waals surface area contributed by atoms with Crippen LogP contribution in [0.15, 0.2) is 34.3 Å². The van der Waals surface area contributed by atoms with E-state index in [1.807, 2.05) is 24.3 Å². The number of phenolic OH excluding ortho intramolecular Hbond substituents is 2. The lowest BCUT2D eigenvalue weighted by atomic mass is 10.2. The fourth-order valence-electron chi connectivity index (χ4n) is 2.11. The fraction of sp³-hybridized carbons (Fsp3) is 0.222. The van der Waals surface area contributed by atoms with Gasteiger partial charge in [-0.15, -0.1) is 0 Å². The summed E-state index contributed by atoms with van der Waals surface area (Å²) in [5.74, 6) is 0.547. The molecule has 0 amide bonds. The third-order valence-electron chi connectivity index (χ3n) is 3.41. The molecule has 0 fully saturated rings. The van der Waals surface area contributed by atoms with Crippen molar-refractivity contribution in [3.05, 3.63) is 49.7 Å². The topological polar surface area (TPSA) is 77.2 Å². The SMILES string of the molecule is Oc1c(I)cc(I)cc1C=NCCNCCN=Cc1cc(I)cc(I)c1O. The van der Waals surface area contributed by atoms with Crippen LogP contribution in [-0.2, 0) is 0 Å². The molecular weight excluding hydrogens is 798 g/mol. The first-order chi connectivity index (χ1) is 12.9. The molecule has 5 nitrogen and oxygen atoms in total. The Bertz CT molecular complexity index is 787. The van der Waals surface area contributed by atoms with Crippen molar-refractivity contribution in [1.29, 1.82) is 0 Å². The maximum absolute atomic E-state index is 10.0. The minimum absolute atomic E-state index is 0.274. The maximum Gasteiger partial charge on any atom is 0.137 e. The van der Waals surface area contributed by atoms with Crippen molar-refractivity contribution in [2.75, 3.05) is 26.2 Å². The van der Waals surface area contributed by atoms with Gasteiger partial charge in [-0.25, -0.2) is 0 Å². The van der Waals surface area contributed by atoms with E-state index in [-0.39, 0.29) is 11.5 Å². The lowest BCUT2D eigenvalue weighted by Gasteiger charge is -2.04. The second-order valence-electron chi connectivity index (χ2n) is 5.47. The number of nitrogens with one attached hydrogen (secondary N) is 1. The van der Waals surface area contributed by atoms with Crippen molar-refractivity contribution in [3.8, 4) is 11.5 Å². The largest absolute Gasteiger partial charge is 0.506 e. The van der Waals surface area contributed by atoms with E-state index in [1.165, 1.54) is 0 Å². The summed E-state index contributed by atoms with van der Waals surface area (Å²) in [7, 11) is 0. The number of aromatic hydroxyl groups is 2. The minimum Gasteiger partial charge on any atom is -0.506 e. The average molecular weight is 815 g/mol. The van der Waals surface area contributed by atoms with Crippen LogP contribution in [0.1, 0.15) is 11.1 Å². The second-order valence-corrected chi connectivity index (χ2v) is 10.3. The zero-order valence-corrected chi connectivity index (χ0v) is 22.7. The van der Waals surface area contributed by atoms with E-state index in [0.29, 0.717) is 13.1 Å². The number of phenols is 2. The Morgan fingerprint density at radius 1 is 0.741 bits per heavy atom. The van der Waals surface area contributed by atoms with Gasteiger partial charge in [0.25, 0.3) is 0 Å². The van der Waals surface area contributed by atoms with E-state index in [9.17, 15) is 10.2 Å².